The Balaban J connectivity index is 3.11. The lowest BCUT2D eigenvalue weighted by Crippen LogP contribution is -2.47. The lowest BCUT2D eigenvalue weighted by molar-refractivity contribution is -0.141. The molecule has 106 valence electrons. The summed E-state index contributed by atoms with van der Waals surface area (Å²) in [5, 5.41) is 9.05. The zero-order valence-electron chi connectivity index (χ0n) is 11.1. The van der Waals surface area contributed by atoms with Crippen molar-refractivity contribution in [2.24, 2.45) is 0 Å². The monoisotopic (exact) mass is 286 g/mol. The van der Waals surface area contributed by atoms with Crippen LogP contribution in [0.15, 0.2) is 30.3 Å². The molecule has 0 aromatic heterocycles. The largest absolute Gasteiger partial charge is 0.480 e. The number of nitrogens with zero attached hydrogens (tertiary/aromatic N) is 2. The summed E-state index contributed by atoms with van der Waals surface area (Å²) >= 11 is 0. The molecule has 0 aliphatic heterocycles. The number of rotatable bonds is 6. The number of hydrogen-bond donors (Lipinski definition) is 1. The molecule has 1 N–H and O–H groups in total. The molecule has 19 heavy (non-hydrogen) atoms. The van der Waals surface area contributed by atoms with Gasteiger partial charge >= 0.3 is 5.97 Å². The number of aliphatic carboxylic acids is 1. The van der Waals surface area contributed by atoms with E-state index in [1.54, 1.807) is 24.3 Å². The molecule has 0 spiro atoms. The number of hydrogen-bond acceptors (Lipinski definition) is 3. The summed E-state index contributed by atoms with van der Waals surface area (Å²) in [6.45, 7) is 1.38. The van der Waals surface area contributed by atoms with Gasteiger partial charge in [-0.1, -0.05) is 30.3 Å². The van der Waals surface area contributed by atoms with Crippen molar-refractivity contribution in [2.45, 2.75) is 19.5 Å². The lowest BCUT2D eigenvalue weighted by atomic mass is 10.2. The molecule has 1 unspecified atom stereocenters. The highest BCUT2D eigenvalue weighted by Crippen LogP contribution is 2.15. The van der Waals surface area contributed by atoms with Gasteiger partial charge in [0, 0.05) is 20.6 Å². The molecule has 0 amide bonds. The molecule has 0 saturated heterocycles. The quantitative estimate of drug-likeness (QED) is 0.838. The Bertz CT molecular complexity index is 528. The van der Waals surface area contributed by atoms with Crippen molar-refractivity contribution in [3.63, 3.8) is 0 Å². The first-order valence-corrected chi connectivity index (χ1v) is 7.12. The van der Waals surface area contributed by atoms with Crippen LogP contribution < -0.4 is 0 Å². The van der Waals surface area contributed by atoms with E-state index in [0.717, 1.165) is 14.2 Å². The van der Waals surface area contributed by atoms with Crippen LogP contribution in [0.1, 0.15) is 12.5 Å². The van der Waals surface area contributed by atoms with Crippen LogP contribution in [0.3, 0.4) is 0 Å². The predicted molar refractivity (Wildman–Crippen MR) is 71.7 cm³/mol. The second-order valence-electron chi connectivity index (χ2n) is 4.34. The molecule has 0 radical (unpaired) electrons. The maximum absolute atomic E-state index is 12.2. The van der Waals surface area contributed by atoms with Gasteiger partial charge in [-0.15, -0.1) is 0 Å². The standard InChI is InChI=1S/C12H18N2O4S/c1-10(12(15)16)14(19(17,18)13(2)3)9-11-7-5-4-6-8-11/h4-8,10H,9H2,1-3H3,(H,15,16). The molecule has 1 rings (SSSR count). The predicted octanol–water partition coefficient (Wildman–Crippen LogP) is 0.768. The first-order chi connectivity index (χ1) is 8.76. The van der Waals surface area contributed by atoms with Crippen LogP contribution in [0, 0.1) is 0 Å². The van der Waals surface area contributed by atoms with Gasteiger partial charge in [0.05, 0.1) is 0 Å². The van der Waals surface area contributed by atoms with E-state index >= 15 is 0 Å². The second-order valence-corrected chi connectivity index (χ2v) is 6.43. The molecular weight excluding hydrogens is 268 g/mol. The molecule has 1 aromatic carbocycles. The zero-order chi connectivity index (χ0) is 14.6. The second kappa shape index (κ2) is 6.14. The third-order valence-electron chi connectivity index (χ3n) is 2.73. The first-order valence-electron chi connectivity index (χ1n) is 5.73. The summed E-state index contributed by atoms with van der Waals surface area (Å²) in [5.41, 5.74) is 0.737. The Hall–Kier alpha value is -1.44. The average molecular weight is 286 g/mol. The smallest absolute Gasteiger partial charge is 0.321 e. The molecular formula is C12H18N2O4S. The Morgan fingerprint density at radius 1 is 1.26 bits per heavy atom. The Kier molecular flexibility index (Phi) is 5.04. The average Bonchev–Trinajstić information content (AvgIpc) is 2.35. The van der Waals surface area contributed by atoms with Gasteiger partial charge in [-0.2, -0.15) is 17.0 Å². The van der Waals surface area contributed by atoms with E-state index in [-0.39, 0.29) is 6.54 Å². The van der Waals surface area contributed by atoms with E-state index in [0.29, 0.717) is 0 Å². The van der Waals surface area contributed by atoms with Crippen molar-refractivity contribution < 1.29 is 18.3 Å². The number of carboxylic acids is 1. The molecule has 1 atom stereocenters. The molecule has 0 heterocycles. The van der Waals surface area contributed by atoms with Crippen molar-refractivity contribution in [1.29, 1.82) is 0 Å². The van der Waals surface area contributed by atoms with E-state index in [9.17, 15) is 13.2 Å². The van der Waals surface area contributed by atoms with Crippen molar-refractivity contribution in [3.05, 3.63) is 35.9 Å². The lowest BCUT2D eigenvalue weighted by Gasteiger charge is -2.28. The van der Waals surface area contributed by atoms with Gasteiger partial charge in [0.25, 0.3) is 10.2 Å². The number of benzene rings is 1. The van der Waals surface area contributed by atoms with E-state index < -0.39 is 22.2 Å². The minimum atomic E-state index is -3.80. The molecule has 7 heteroatoms. The van der Waals surface area contributed by atoms with E-state index in [1.807, 2.05) is 6.07 Å². The minimum Gasteiger partial charge on any atom is -0.480 e. The highest BCUT2D eigenvalue weighted by molar-refractivity contribution is 7.86. The fraction of sp³-hybridized carbons (Fsp3) is 0.417. The number of carboxylic acid groups (broad SMARTS) is 1. The van der Waals surface area contributed by atoms with Gasteiger partial charge in [0.15, 0.2) is 0 Å². The van der Waals surface area contributed by atoms with Gasteiger partial charge in [0.1, 0.15) is 6.04 Å². The Morgan fingerprint density at radius 2 is 1.79 bits per heavy atom. The van der Waals surface area contributed by atoms with E-state index in [1.165, 1.54) is 21.0 Å². The molecule has 0 saturated carbocycles. The third-order valence-corrected chi connectivity index (χ3v) is 4.69. The van der Waals surface area contributed by atoms with Crippen molar-refractivity contribution in [1.82, 2.24) is 8.61 Å². The molecule has 0 fully saturated rings. The SMILES string of the molecule is CC(C(=O)O)N(Cc1ccccc1)S(=O)(=O)N(C)C. The summed E-state index contributed by atoms with van der Waals surface area (Å²) < 4.78 is 26.3. The maximum atomic E-state index is 12.2. The van der Waals surface area contributed by atoms with Gasteiger partial charge in [-0.25, -0.2) is 0 Å². The van der Waals surface area contributed by atoms with Gasteiger partial charge in [-0.05, 0) is 12.5 Å². The summed E-state index contributed by atoms with van der Waals surface area (Å²) in [5.74, 6) is -1.18. The van der Waals surface area contributed by atoms with Crippen LogP contribution >= 0.6 is 0 Å². The van der Waals surface area contributed by atoms with Crippen LogP contribution in [0.5, 0.6) is 0 Å². The van der Waals surface area contributed by atoms with Crippen molar-refractivity contribution in [2.75, 3.05) is 14.1 Å². The van der Waals surface area contributed by atoms with Crippen LogP contribution in [0.4, 0.5) is 0 Å². The van der Waals surface area contributed by atoms with Gasteiger partial charge < -0.3 is 5.11 Å². The Labute approximate surface area is 113 Å². The number of carbonyl (C=O) groups is 1. The summed E-state index contributed by atoms with van der Waals surface area (Å²) in [7, 11) is -1.04. The van der Waals surface area contributed by atoms with E-state index in [2.05, 4.69) is 0 Å². The molecule has 0 aliphatic rings. The minimum absolute atomic E-state index is 0.0226. The fourth-order valence-corrected chi connectivity index (χ4v) is 2.74. The normalized spacial score (nSPS) is 13.7. The molecule has 0 aliphatic carbocycles. The van der Waals surface area contributed by atoms with Crippen molar-refractivity contribution in [3.8, 4) is 0 Å². The summed E-state index contributed by atoms with van der Waals surface area (Å²) in [6.07, 6.45) is 0. The van der Waals surface area contributed by atoms with Crippen LogP contribution in [0.2, 0.25) is 0 Å². The Morgan fingerprint density at radius 3 is 2.21 bits per heavy atom. The molecule has 6 nitrogen and oxygen atoms in total. The van der Waals surface area contributed by atoms with Crippen LogP contribution in [0.25, 0.3) is 0 Å². The highest BCUT2D eigenvalue weighted by atomic mass is 32.2. The van der Waals surface area contributed by atoms with Crippen LogP contribution in [-0.4, -0.2) is 48.2 Å². The zero-order valence-corrected chi connectivity index (χ0v) is 12.0. The fourth-order valence-electron chi connectivity index (χ4n) is 1.51. The summed E-state index contributed by atoms with van der Waals surface area (Å²) in [4.78, 5) is 11.1. The van der Waals surface area contributed by atoms with E-state index in [4.69, 9.17) is 5.11 Å². The van der Waals surface area contributed by atoms with Gasteiger partial charge in [-0.3, -0.25) is 4.79 Å². The highest BCUT2D eigenvalue weighted by Gasteiger charge is 2.33. The topological polar surface area (TPSA) is 77.9 Å². The van der Waals surface area contributed by atoms with Gasteiger partial charge in [0.2, 0.25) is 0 Å². The van der Waals surface area contributed by atoms with Crippen LogP contribution in [-0.2, 0) is 21.5 Å². The molecule has 0 bridgehead atoms. The summed E-state index contributed by atoms with van der Waals surface area (Å²) in [6, 6.07) is 7.75. The molecule has 1 aromatic rings. The first kappa shape index (κ1) is 15.6. The van der Waals surface area contributed by atoms with Crippen molar-refractivity contribution >= 4 is 16.2 Å². The third kappa shape index (κ3) is 3.76. The maximum Gasteiger partial charge on any atom is 0.321 e.